The second-order valence-electron chi connectivity index (χ2n) is 2.05. The van der Waals surface area contributed by atoms with E-state index in [4.69, 9.17) is 5.26 Å². The first-order chi connectivity index (χ1) is 5.75. The molecule has 0 saturated heterocycles. The van der Waals surface area contributed by atoms with E-state index in [1.165, 1.54) is 24.4 Å². The van der Waals surface area contributed by atoms with Crippen molar-refractivity contribution in [1.82, 2.24) is 5.32 Å². The van der Waals surface area contributed by atoms with E-state index in [0.717, 1.165) is 6.07 Å². The number of amides is 1. The molecule has 0 fully saturated rings. The molecule has 0 unspecified atom stereocenters. The van der Waals surface area contributed by atoms with Gasteiger partial charge in [-0.1, -0.05) is 12.1 Å². The summed E-state index contributed by atoms with van der Waals surface area (Å²) >= 11 is 0. The van der Waals surface area contributed by atoms with Crippen molar-refractivity contribution in [2.45, 2.75) is 0 Å². The molecule has 0 atom stereocenters. The van der Waals surface area contributed by atoms with Gasteiger partial charge in [-0.15, -0.1) is 0 Å². The van der Waals surface area contributed by atoms with Crippen molar-refractivity contribution >= 4 is 57.3 Å². The number of nitriles is 1. The predicted molar refractivity (Wildman–Crippen MR) is 46.6 cm³/mol. The van der Waals surface area contributed by atoms with Crippen LogP contribution in [0.15, 0.2) is 24.3 Å². The van der Waals surface area contributed by atoms with E-state index in [1.807, 2.05) is 5.32 Å². The summed E-state index contributed by atoms with van der Waals surface area (Å²) in [4.78, 5) is 10.9. The normalized spacial score (nSPS) is 8.00. The van der Waals surface area contributed by atoms with Crippen molar-refractivity contribution in [3.05, 3.63) is 35.6 Å². The molecule has 0 aliphatic carbocycles. The summed E-state index contributed by atoms with van der Waals surface area (Å²) in [5.74, 6) is -1.36. The first kappa shape index (κ1) is 12.7. The van der Waals surface area contributed by atoms with E-state index in [0.29, 0.717) is 0 Å². The van der Waals surface area contributed by atoms with Gasteiger partial charge in [0.25, 0.3) is 5.91 Å². The Hall–Kier alpha value is -0.254. The zero-order valence-corrected chi connectivity index (χ0v) is 6.04. The third kappa shape index (κ3) is 3.54. The summed E-state index contributed by atoms with van der Waals surface area (Å²) in [7, 11) is 0. The Labute approximate surface area is 117 Å². The maximum absolute atomic E-state index is 12.8. The van der Waals surface area contributed by atoms with Gasteiger partial charge in [0, 0.05) is 0 Å². The van der Waals surface area contributed by atoms with Crippen molar-refractivity contribution in [2.75, 3.05) is 0 Å². The number of benzene rings is 1. The number of rotatable bonds is 1. The van der Waals surface area contributed by atoms with Gasteiger partial charge in [-0.25, -0.2) is 4.39 Å². The van der Waals surface area contributed by atoms with Crippen LogP contribution in [0.3, 0.4) is 0 Å². The van der Waals surface area contributed by atoms with Crippen molar-refractivity contribution < 1.29 is 9.18 Å². The van der Waals surface area contributed by atoms with Gasteiger partial charge in [0.2, 0.25) is 0 Å². The summed E-state index contributed by atoms with van der Waals surface area (Å²) in [6, 6.07) is 5.46. The van der Waals surface area contributed by atoms with Crippen LogP contribution in [0.2, 0.25) is 0 Å². The van der Waals surface area contributed by atoms with Crippen LogP contribution in [0.25, 0.3) is 0 Å². The van der Waals surface area contributed by atoms with Gasteiger partial charge < -0.3 is 0 Å². The van der Waals surface area contributed by atoms with Gasteiger partial charge in [0.05, 0.1) is 5.56 Å². The van der Waals surface area contributed by atoms with Gasteiger partial charge in [-0.05, 0) is 12.1 Å². The number of nitrogens with one attached hydrogen (secondary N) is 1. The Bertz CT molecular complexity index is 348. The Balaban J connectivity index is 0.00000144. The Kier molecular flexibility index (Phi) is 6.12. The Morgan fingerprint density at radius 1 is 1.46 bits per heavy atom. The molecule has 62 valence electrons. The van der Waals surface area contributed by atoms with E-state index in [2.05, 4.69) is 0 Å². The molecule has 0 radical (unpaired) electrons. The average Bonchev–Trinajstić information content (AvgIpc) is 2.05. The quantitative estimate of drug-likeness (QED) is 0.408. The van der Waals surface area contributed by atoms with Crippen LogP contribution in [0, 0.1) is 17.3 Å². The van der Waals surface area contributed by atoms with Crippen molar-refractivity contribution in [3.63, 3.8) is 0 Å². The SMILES string of the molecule is N#CNC(=O)c1ccccc1F.[KH]. The molecule has 1 rings (SSSR count). The molecule has 1 aromatic carbocycles. The number of nitrogens with zero attached hydrogens (tertiary/aromatic N) is 1. The zero-order chi connectivity index (χ0) is 8.97. The molecule has 3 nitrogen and oxygen atoms in total. The first-order valence-electron chi connectivity index (χ1n) is 3.19. The zero-order valence-electron chi connectivity index (χ0n) is 6.04. The number of hydrogen-bond acceptors (Lipinski definition) is 2. The standard InChI is InChI=1S/C8H5FN2O.K.H/c9-7-4-2-1-3-6(7)8(12)11-5-10;;/h1-4H,(H,11,12);;. The van der Waals surface area contributed by atoms with Crippen LogP contribution in [0.1, 0.15) is 10.4 Å². The van der Waals surface area contributed by atoms with Crippen LogP contribution < -0.4 is 5.32 Å². The molecular weight excluding hydrogens is 198 g/mol. The molecule has 1 N–H and O–H groups in total. The molecule has 0 bridgehead atoms. The number of carbonyl (C=O) groups is 1. The number of hydrogen-bond donors (Lipinski definition) is 1. The molecule has 1 amide bonds. The van der Waals surface area contributed by atoms with E-state index in [1.54, 1.807) is 0 Å². The molecule has 13 heavy (non-hydrogen) atoms. The molecule has 0 aliphatic rings. The average molecular weight is 204 g/mol. The van der Waals surface area contributed by atoms with Crippen LogP contribution in [-0.4, -0.2) is 57.3 Å². The van der Waals surface area contributed by atoms with Gasteiger partial charge in [-0.2, -0.15) is 5.26 Å². The van der Waals surface area contributed by atoms with Crippen LogP contribution >= 0.6 is 0 Å². The van der Waals surface area contributed by atoms with E-state index >= 15 is 0 Å². The fourth-order valence-electron chi connectivity index (χ4n) is 0.763. The van der Waals surface area contributed by atoms with Gasteiger partial charge >= 0.3 is 51.4 Å². The van der Waals surface area contributed by atoms with Gasteiger partial charge in [-0.3, -0.25) is 10.1 Å². The van der Waals surface area contributed by atoms with Crippen molar-refractivity contribution in [1.29, 1.82) is 5.26 Å². The summed E-state index contributed by atoms with van der Waals surface area (Å²) in [6.07, 6.45) is 1.43. The minimum absolute atomic E-state index is 0. The third-order valence-electron chi connectivity index (χ3n) is 1.29. The number of halogens is 1. The molecule has 0 heterocycles. The molecule has 5 heteroatoms. The topological polar surface area (TPSA) is 52.9 Å². The summed E-state index contributed by atoms with van der Waals surface area (Å²) in [6.45, 7) is 0. The Morgan fingerprint density at radius 3 is 2.62 bits per heavy atom. The second-order valence-corrected chi connectivity index (χ2v) is 2.05. The fraction of sp³-hybridized carbons (Fsp3) is 0. The predicted octanol–water partition coefficient (Wildman–Crippen LogP) is 0.388. The minimum atomic E-state index is -0.726. The molecule has 0 aromatic heterocycles. The molecule has 1 aromatic rings. The maximum atomic E-state index is 12.8. The summed E-state index contributed by atoms with van der Waals surface area (Å²) in [5, 5.41) is 9.91. The van der Waals surface area contributed by atoms with E-state index in [-0.39, 0.29) is 56.9 Å². The van der Waals surface area contributed by atoms with E-state index in [9.17, 15) is 9.18 Å². The Morgan fingerprint density at radius 2 is 2.08 bits per heavy atom. The molecule has 0 spiro atoms. The first-order valence-corrected chi connectivity index (χ1v) is 3.19. The van der Waals surface area contributed by atoms with E-state index < -0.39 is 11.7 Å². The van der Waals surface area contributed by atoms with Gasteiger partial charge in [0.1, 0.15) is 5.82 Å². The molecule has 0 aliphatic heterocycles. The van der Waals surface area contributed by atoms with Crippen LogP contribution in [0.4, 0.5) is 4.39 Å². The summed E-state index contributed by atoms with van der Waals surface area (Å²) in [5.41, 5.74) is -0.126. The van der Waals surface area contributed by atoms with Gasteiger partial charge in [0.15, 0.2) is 6.19 Å². The fourth-order valence-corrected chi connectivity index (χ4v) is 0.763. The summed E-state index contributed by atoms with van der Waals surface area (Å²) < 4.78 is 12.8. The van der Waals surface area contributed by atoms with Crippen molar-refractivity contribution in [2.24, 2.45) is 0 Å². The monoisotopic (exact) mass is 204 g/mol. The third-order valence-corrected chi connectivity index (χ3v) is 1.29. The molecular formula is C8H6FKN2O. The second kappa shape index (κ2) is 6.24. The van der Waals surface area contributed by atoms with Crippen LogP contribution in [-0.2, 0) is 0 Å². The van der Waals surface area contributed by atoms with Crippen molar-refractivity contribution in [3.8, 4) is 6.19 Å². The van der Waals surface area contributed by atoms with Crippen LogP contribution in [0.5, 0.6) is 0 Å². The molecule has 0 saturated carbocycles. The number of carbonyl (C=O) groups excluding carboxylic acids is 1.